The Balaban J connectivity index is 1.21. The third-order valence-corrected chi connectivity index (χ3v) is 6.11. The van der Waals surface area contributed by atoms with Gasteiger partial charge in [0, 0.05) is 31.1 Å². The summed E-state index contributed by atoms with van der Waals surface area (Å²) in [5, 5.41) is 11.7. The third kappa shape index (κ3) is 5.33. The molecule has 0 saturated carbocycles. The molecule has 30 heavy (non-hydrogen) atoms. The van der Waals surface area contributed by atoms with Crippen LogP contribution in [-0.4, -0.2) is 60.3 Å². The second-order valence-electron chi connectivity index (χ2n) is 8.24. The Morgan fingerprint density at radius 1 is 1.07 bits per heavy atom. The largest absolute Gasteiger partial charge is 0.356 e. The van der Waals surface area contributed by atoms with Crippen LogP contribution < -0.4 is 10.2 Å². The van der Waals surface area contributed by atoms with E-state index >= 15 is 0 Å². The quantitative estimate of drug-likeness (QED) is 0.710. The van der Waals surface area contributed by atoms with Crippen molar-refractivity contribution in [1.82, 2.24) is 20.4 Å². The summed E-state index contributed by atoms with van der Waals surface area (Å²) < 4.78 is 13.4. The van der Waals surface area contributed by atoms with Crippen molar-refractivity contribution in [3.05, 3.63) is 42.2 Å². The van der Waals surface area contributed by atoms with Gasteiger partial charge in [-0.25, -0.2) is 4.39 Å². The van der Waals surface area contributed by atoms with Gasteiger partial charge in [0.15, 0.2) is 5.82 Å². The summed E-state index contributed by atoms with van der Waals surface area (Å²) in [5.41, 5.74) is 1.37. The summed E-state index contributed by atoms with van der Waals surface area (Å²) in [4.78, 5) is 17.1. The maximum absolute atomic E-state index is 13.4. The molecule has 6 nitrogen and oxygen atoms in total. The van der Waals surface area contributed by atoms with Gasteiger partial charge in [0.05, 0.1) is 5.69 Å². The Labute approximate surface area is 177 Å². The fourth-order valence-corrected chi connectivity index (χ4v) is 4.33. The minimum Gasteiger partial charge on any atom is -0.356 e. The van der Waals surface area contributed by atoms with Crippen LogP contribution in [0.2, 0.25) is 0 Å². The molecule has 0 unspecified atom stereocenters. The van der Waals surface area contributed by atoms with Gasteiger partial charge in [-0.3, -0.25) is 4.79 Å². The first kappa shape index (κ1) is 20.7. The number of hydrogen-bond acceptors (Lipinski definition) is 5. The molecule has 2 aromatic rings. The van der Waals surface area contributed by atoms with E-state index in [0.717, 1.165) is 51.3 Å². The maximum atomic E-state index is 13.4. The van der Waals surface area contributed by atoms with Crippen LogP contribution in [0.5, 0.6) is 0 Å². The van der Waals surface area contributed by atoms with Crippen LogP contribution in [0.4, 0.5) is 10.2 Å². The van der Waals surface area contributed by atoms with Gasteiger partial charge in [-0.1, -0.05) is 12.1 Å². The molecule has 2 fully saturated rings. The van der Waals surface area contributed by atoms with Crippen molar-refractivity contribution in [3.63, 3.8) is 0 Å². The Bertz CT molecular complexity index is 830. The van der Waals surface area contributed by atoms with Gasteiger partial charge >= 0.3 is 0 Å². The molecule has 7 heteroatoms. The summed E-state index contributed by atoms with van der Waals surface area (Å²) in [6, 6.07) is 10.2. The van der Waals surface area contributed by atoms with Crippen molar-refractivity contribution in [2.75, 3.05) is 44.2 Å². The van der Waals surface area contributed by atoms with Crippen LogP contribution in [-0.2, 0) is 4.79 Å². The van der Waals surface area contributed by atoms with Crippen LogP contribution in [0.15, 0.2) is 36.4 Å². The molecule has 0 aliphatic carbocycles. The molecule has 2 aliphatic rings. The van der Waals surface area contributed by atoms with E-state index in [1.807, 2.05) is 18.2 Å². The molecular weight excluding hydrogens is 381 g/mol. The van der Waals surface area contributed by atoms with E-state index in [1.54, 1.807) is 6.07 Å². The monoisotopic (exact) mass is 411 g/mol. The molecule has 1 aromatic carbocycles. The molecule has 2 saturated heterocycles. The van der Waals surface area contributed by atoms with Crippen LogP contribution in [0.25, 0.3) is 11.3 Å². The zero-order chi connectivity index (χ0) is 20.8. The Hall–Kier alpha value is -2.54. The van der Waals surface area contributed by atoms with Crippen molar-refractivity contribution in [2.45, 2.75) is 32.1 Å². The number of likely N-dealkylation sites (tertiary alicyclic amines) is 1. The number of carbonyl (C=O) groups excluding carboxylic acids is 1. The van der Waals surface area contributed by atoms with Gasteiger partial charge in [-0.15, -0.1) is 10.2 Å². The molecule has 2 aliphatic heterocycles. The highest BCUT2D eigenvalue weighted by Crippen LogP contribution is 2.24. The Kier molecular flexibility index (Phi) is 6.89. The van der Waals surface area contributed by atoms with Crippen molar-refractivity contribution < 1.29 is 9.18 Å². The van der Waals surface area contributed by atoms with Gasteiger partial charge in [0.1, 0.15) is 5.82 Å². The van der Waals surface area contributed by atoms with Crippen LogP contribution in [0, 0.1) is 11.7 Å². The van der Waals surface area contributed by atoms with Gasteiger partial charge in [0.25, 0.3) is 0 Å². The summed E-state index contributed by atoms with van der Waals surface area (Å²) in [6.45, 7) is 5.85. The summed E-state index contributed by atoms with van der Waals surface area (Å²) in [7, 11) is 0. The maximum Gasteiger partial charge on any atom is 0.223 e. The van der Waals surface area contributed by atoms with Gasteiger partial charge in [-0.05, 0) is 76.0 Å². The first-order chi connectivity index (χ1) is 14.7. The predicted octanol–water partition coefficient (Wildman–Crippen LogP) is 3.10. The van der Waals surface area contributed by atoms with Crippen LogP contribution in [0.1, 0.15) is 32.1 Å². The molecule has 4 rings (SSSR count). The fourth-order valence-electron chi connectivity index (χ4n) is 4.33. The standard InChI is InChI=1S/C23H30FN5O/c24-20-6-3-5-19(17-20)21-7-8-22(27-26-21)29-15-9-18(10-16-29)23(30)25-11-4-14-28-12-1-2-13-28/h3,5-8,17-18H,1-2,4,9-16H2,(H,25,30). The Morgan fingerprint density at radius 3 is 2.57 bits per heavy atom. The van der Waals surface area contributed by atoms with Gasteiger partial charge in [0.2, 0.25) is 5.91 Å². The third-order valence-electron chi connectivity index (χ3n) is 6.11. The van der Waals surface area contributed by atoms with Crippen LogP contribution in [0.3, 0.4) is 0 Å². The number of rotatable bonds is 7. The number of amides is 1. The second kappa shape index (κ2) is 9.98. The number of benzene rings is 1. The molecule has 1 amide bonds. The number of halogens is 1. The molecule has 0 atom stereocenters. The average molecular weight is 412 g/mol. The van der Waals surface area contributed by atoms with E-state index in [-0.39, 0.29) is 17.6 Å². The van der Waals surface area contributed by atoms with Gasteiger partial charge in [-0.2, -0.15) is 0 Å². The number of nitrogens with zero attached hydrogens (tertiary/aromatic N) is 4. The van der Waals surface area contributed by atoms with E-state index in [9.17, 15) is 9.18 Å². The lowest BCUT2D eigenvalue weighted by molar-refractivity contribution is -0.125. The van der Waals surface area contributed by atoms with E-state index in [2.05, 4.69) is 25.3 Å². The zero-order valence-electron chi connectivity index (χ0n) is 17.4. The summed E-state index contributed by atoms with van der Waals surface area (Å²) in [5.74, 6) is 0.783. The fraction of sp³-hybridized carbons (Fsp3) is 0.522. The molecule has 1 aromatic heterocycles. The first-order valence-corrected chi connectivity index (χ1v) is 11.0. The molecule has 0 bridgehead atoms. The summed E-state index contributed by atoms with van der Waals surface area (Å²) >= 11 is 0. The topological polar surface area (TPSA) is 61.4 Å². The molecule has 160 valence electrons. The normalized spacial score (nSPS) is 18.0. The van der Waals surface area contributed by atoms with E-state index in [4.69, 9.17) is 0 Å². The molecular formula is C23H30FN5O. The molecule has 1 N–H and O–H groups in total. The lowest BCUT2D eigenvalue weighted by Crippen LogP contribution is -2.41. The smallest absolute Gasteiger partial charge is 0.223 e. The molecule has 0 radical (unpaired) electrons. The van der Waals surface area contributed by atoms with Crippen LogP contribution >= 0.6 is 0 Å². The minimum atomic E-state index is -0.283. The number of carbonyl (C=O) groups is 1. The van der Waals surface area contributed by atoms with Crippen molar-refractivity contribution in [2.24, 2.45) is 5.92 Å². The number of anilines is 1. The average Bonchev–Trinajstić information content (AvgIpc) is 3.30. The predicted molar refractivity (Wildman–Crippen MR) is 116 cm³/mol. The minimum absolute atomic E-state index is 0.0764. The molecule has 3 heterocycles. The van der Waals surface area contributed by atoms with E-state index < -0.39 is 0 Å². The van der Waals surface area contributed by atoms with Crippen molar-refractivity contribution in [1.29, 1.82) is 0 Å². The van der Waals surface area contributed by atoms with Crippen molar-refractivity contribution in [3.8, 4) is 11.3 Å². The second-order valence-corrected chi connectivity index (χ2v) is 8.24. The summed E-state index contributed by atoms with van der Waals surface area (Å²) in [6.07, 6.45) is 5.29. The number of piperidine rings is 1. The highest BCUT2D eigenvalue weighted by atomic mass is 19.1. The lowest BCUT2D eigenvalue weighted by atomic mass is 9.96. The van der Waals surface area contributed by atoms with E-state index in [0.29, 0.717) is 11.3 Å². The van der Waals surface area contributed by atoms with Gasteiger partial charge < -0.3 is 15.1 Å². The highest BCUT2D eigenvalue weighted by molar-refractivity contribution is 5.78. The van der Waals surface area contributed by atoms with Crippen molar-refractivity contribution >= 4 is 11.7 Å². The molecule has 0 spiro atoms. The highest BCUT2D eigenvalue weighted by Gasteiger charge is 2.25. The first-order valence-electron chi connectivity index (χ1n) is 11.0. The van der Waals surface area contributed by atoms with E-state index in [1.165, 1.54) is 38.1 Å². The SMILES string of the molecule is O=C(NCCCN1CCCC1)C1CCN(c2ccc(-c3cccc(F)c3)nn2)CC1. The number of hydrogen-bond donors (Lipinski definition) is 1. The number of nitrogens with one attached hydrogen (secondary N) is 1. The lowest BCUT2D eigenvalue weighted by Gasteiger charge is -2.31. The zero-order valence-corrected chi connectivity index (χ0v) is 17.4. The number of aromatic nitrogens is 2. The Morgan fingerprint density at radius 2 is 1.87 bits per heavy atom.